The maximum Gasteiger partial charge on any atom is 0.0856 e. The Balaban J connectivity index is 0.000000722. The maximum atomic E-state index is 12.9. The van der Waals surface area contributed by atoms with Gasteiger partial charge in [-0.05, 0) is 235 Å². The fourth-order valence-electron chi connectivity index (χ4n) is 19.2. The van der Waals surface area contributed by atoms with Gasteiger partial charge in [0.2, 0.25) is 0 Å². The van der Waals surface area contributed by atoms with Crippen LogP contribution < -0.4 is 0 Å². The van der Waals surface area contributed by atoms with Crippen LogP contribution in [0.2, 0.25) is 0 Å². The maximum absolute atomic E-state index is 12.9. The van der Waals surface area contributed by atoms with Gasteiger partial charge in [-0.25, -0.2) is 0 Å². The lowest BCUT2D eigenvalue weighted by molar-refractivity contribution is -0.0437. The van der Waals surface area contributed by atoms with Gasteiger partial charge in [-0.15, -0.1) is 0 Å². The van der Waals surface area contributed by atoms with Crippen LogP contribution >= 0.6 is 0 Å². The fourth-order valence-corrected chi connectivity index (χ4v) is 35.8. The van der Waals surface area contributed by atoms with Crippen LogP contribution in [-0.2, 0) is 85.1 Å². The van der Waals surface area contributed by atoms with Gasteiger partial charge in [-0.2, -0.15) is 0 Å². The van der Waals surface area contributed by atoms with Crippen molar-refractivity contribution in [3.8, 4) is 0 Å². The van der Waals surface area contributed by atoms with Gasteiger partial charge in [0.1, 0.15) is 0 Å². The van der Waals surface area contributed by atoms with Crippen molar-refractivity contribution in [3.63, 3.8) is 0 Å². The summed E-state index contributed by atoms with van der Waals surface area (Å²) in [6.45, 7) is 116. The van der Waals surface area contributed by atoms with Crippen LogP contribution in [-0.4, -0.2) is 133 Å². The first-order chi connectivity index (χ1) is 55.8. The summed E-state index contributed by atoms with van der Waals surface area (Å²) in [5.41, 5.74) is 4.18. The third kappa shape index (κ3) is 45.3. The van der Waals surface area contributed by atoms with Crippen molar-refractivity contribution >= 4 is 75.6 Å². The number of rotatable bonds is 1. The van der Waals surface area contributed by atoms with E-state index in [0.29, 0.717) is 135 Å². The van der Waals surface area contributed by atoms with E-state index in [0.717, 1.165) is 116 Å². The van der Waals surface area contributed by atoms with E-state index < -0.39 is 75.6 Å². The Kier molecular flexibility index (Phi) is 48.8. The molecule has 0 aromatic carbocycles. The van der Waals surface area contributed by atoms with Crippen molar-refractivity contribution in [1.82, 2.24) is 0 Å². The Morgan fingerprint density at radius 2 is 0.484 bits per heavy atom. The van der Waals surface area contributed by atoms with Gasteiger partial charge >= 0.3 is 0 Å². The fraction of sp³-hybridized carbons (Fsp3) is 1.00. The lowest BCUT2D eigenvalue weighted by atomic mass is 9.67. The van der Waals surface area contributed by atoms with Gasteiger partial charge in [0.25, 0.3) is 0 Å². The first-order valence-electron chi connectivity index (χ1n) is 50.6. The molecule has 16 heteroatoms. The summed E-state index contributed by atoms with van der Waals surface area (Å²) in [5.74, 6) is 15.8. The molecular formula is C110H220O9S7. The number of hydrogen-bond donors (Lipinski definition) is 0. The van der Waals surface area contributed by atoms with Crippen LogP contribution in [0.25, 0.3) is 0 Å². The monoisotopic (exact) mass is 1910 g/mol. The first kappa shape index (κ1) is 125. The molecule has 0 amide bonds. The lowest BCUT2D eigenvalue weighted by Gasteiger charge is -2.40. The minimum Gasteiger partial charge on any atom is -0.378 e. The summed E-state index contributed by atoms with van der Waals surface area (Å²) in [6, 6.07) is 0. The van der Waals surface area contributed by atoms with E-state index >= 15 is 0 Å². The van der Waals surface area contributed by atoms with Crippen molar-refractivity contribution in [1.29, 1.82) is 0 Å². The molecule has 8 rings (SSSR count). The van der Waals surface area contributed by atoms with E-state index in [-0.39, 0.29) is 49.4 Å². The van der Waals surface area contributed by atoms with E-state index in [1.807, 2.05) is 0 Å². The molecule has 126 heavy (non-hydrogen) atoms. The Morgan fingerprint density at radius 1 is 0.214 bits per heavy atom. The predicted octanol–water partition coefficient (Wildman–Crippen LogP) is 30.1. The highest BCUT2D eigenvalue weighted by Crippen LogP contribution is 2.50. The topological polar surface area (TPSA) is 138 Å². The standard InChI is InChI=1S/C18H36OS.3C14H28OS.C13H26O2.C13H26OS.2C12H24OS/c1-16(2,3)13-10-14(17(4,5)6)12-20(19)15(11-13)18(7,8)9;1-13(2,3)11-7-8-12(14(4,5)6)10-16(15)9-11;1-13(2,3)11-7-8-12(14(4,5)6)16(15)10-9-11;1-13(2,3)11-8-7-9-12(14(4,5)6)16(15)10-11;1-12(2,3)10-7-14-9-11(15-8-10)13(4,5)6;1-12(2,3)10-7-8-11(13(4,5)6)15(14)9-10;1-11(2,3)9-7-10(12(4,5)6)14(13)8-9;1-9(2)10-6-11(12(3,4)5)8-14(13)7-10/h13-15H,10-12H2,1-9H3;3*11-12H,7-10H2,1-6H3;2*10-11H,7-9H2,1-6H3;9-10H,7-8H2,1-6H3;9-11H,6-8H2,1-5H3. The van der Waals surface area contributed by atoms with Crippen LogP contribution in [0.3, 0.4) is 0 Å². The predicted molar refractivity (Wildman–Crippen MR) is 569 cm³/mol. The summed E-state index contributed by atoms with van der Waals surface area (Å²) in [4.78, 5) is 0. The Labute approximate surface area is 805 Å². The molecule has 0 aromatic heterocycles. The molecule has 8 aliphatic heterocycles. The average molecular weight is 1910 g/mol. The second kappa shape index (κ2) is 49.2. The van der Waals surface area contributed by atoms with Crippen molar-refractivity contribution in [2.24, 2.45) is 158 Å². The molecule has 0 N–H and O–H groups in total. The van der Waals surface area contributed by atoms with E-state index in [9.17, 15) is 29.5 Å². The zero-order valence-electron chi connectivity index (χ0n) is 93.3. The minimum absolute atomic E-state index is 0.140. The summed E-state index contributed by atoms with van der Waals surface area (Å²) in [5, 5.41) is 1.90. The molecule has 8 saturated heterocycles. The zero-order valence-corrected chi connectivity index (χ0v) is 99.0. The molecular weight excluding hydrogens is 1690 g/mol. The second-order valence-corrected chi connectivity index (χ2v) is 70.3. The van der Waals surface area contributed by atoms with Crippen LogP contribution in [0, 0.1) is 158 Å². The molecule has 0 spiro atoms. The Morgan fingerprint density at radius 3 is 0.825 bits per heavy atom. The van der Waals surface area contributed by atoms with Crippen molar-refractivity contribution in [3.05, 3.63) is 0 Å². The molecule has 9 nitrogen and oxygen atoms in total. The van der Waals surface area contributed by atoms with Gasteiger partial charge < -0.3 is 9.47 Å². The molecule has 0 saturated carbocycles. The lowest BCUT2D eigenvalue weighted by Crippen LogP contribution is -2.41. The van der Waals surface area contributed by atoms with Crippen LogP contribution in [0.5, 0.6) is 0 Å². The molecule has 0 radical (unpaired) electrons. The molecule has 8 aliphatic rings. The molecule has 23 atom stereocenters. The summed E-state index contributed by atoms with van der Waals surface area (Å²) >= 11 is 0. The Hall–Kier alpha value is 0.970. The van der Waals surface area contributed by atoms with Gasteiger partial charge in [-0.1, -0.05) is 353 Å². The van der Waals surface area contributed by atoms with E-state index in [4.69, 9.17) is 9.47 Å². The van der Waals surface area contributed by atoms with Crippen molar-refractivity contribution in [2.45, 2.75) is 468 Å². The molecule has 23 unspecified atom stereocenters. The quantitative estimate of drug-likeness (QED) is 0.251. The average Bonchev–Trinajstić information content (AvgIpc) is 1.75. The number of ether oxygens (including phenoxy) is 2. The van der Waals surface area contributed by atoms with Crippen LogP contribution in [0.15, 0.2) is 0 Å². The third-order valence-electron chi connectivity index (χ3n) is 30.9. The number of hydrogen-bond acceptors (Lipinski definition) is 9. The molecule has 0 bridgehead atoms. The molecule has 0 aliphatic carbocycles. The molecule has 756 valence electrons. The largest absolute Gasteiger partial charge is 0.378 e. The van der Waals surface area contributed by atoms with E-state index in [1.54, 1.807) is 0 Å². The van der Waals surface area contributed by atoms with E-state index in [1.165, 1.54) is 51.4 Å². The van der Waals surface area contributed by atoms with Gasteiger partial charge in [-0.3, -0.25) is 29.5 Å². The van der Waals surface area contributed by atoms with Gasteiger partial charge in [0.15, 0.2) is 0 Å². The summed E-state index contributed by atoms with van der Waals surface area (Å²) < 4.78 is 97.4. The third-order valence-corrected chi connectivity index (χ3v) is 45.4. The van der Waals surface area contributed by atoms with Crippen LogP contribution in [0.1, 0.15) is 436 Å². The summed E-state index contributed by atoms with van der Waals surface area (Å²) in [7, 11) is -4.37. The molecule has 8 fully saturated rings. The van der Waals surface area contributed by atoms with E-state index in [2.05, 4.69) is 346 Å². The first-order valence-corrected chi connectivity index (χ1v) is 60.5. The van der Waals surface area contributed by atoms with Gasteiger partial charge in [0, 0.05) is 160 Å². The normalized spacial score (nSPS) is 33.5. The SMILES string of the molecule is CC(C)(C)C1CC(C(C)(C)C)CS(=O)C(C(C)(C)C)C1.CC(C)(C)C1CC(C(C)(C)C)S(=O)C1.CC(C)(C)C1CCC(C(C)(C)C)CS(=O)C1.CC(C)(C)C1CCC(C(C)(C)C)S(=O)C1.CC(C)(C)C1CCC(C(C)(C)C)S(=O)CC1.CC(C)(C)C1CCCC(C(C)(C)C)S(=O)C1.CC(C)(C)C1COCC(C(C)(C)C)OC1.CC(C)C1CC(C(C)(C)C)CS(=O)C1. The smallest absolute Gasteiger partial charge is 0.0856 e. The highest BCUT2D eigenvalue weighted by Gasteiger charge is 2.48. The minimum atomic E-state index is -0.697. The second-order valence-electron chi connectivity index (χ2n) is 58.8. The summed E-state index contributed by atoms with van der Waals surface area (Å²) in [6.07, 6.45) is 17.0. The van der Waals surface area contributed by atoms with Crippen LogP contribution in [0.4, 0.5) is 0 Å². The molecule has 0 aromatic rings. The highest BCUT2D eigenvalue weighted by atomic mass is 32.2. The van der Waals surface area contributed by atoms with Crippen molar-refractivity contribution < 1.29 is 38.9 Å². The Bertz CT molecular complexity index is 3250. The zero-order chi connectivity index (χ0) is 99.2. The molecule has 8 heterocycles. The van der Waals surface area contributed by atoms with Crippen molar-refractivity contribution in [2.75, 3.05) is 71.6 Å². The highest BCUT2D eigenvalue weighted by molar-refractivity contribution is 7.87. The van der Waals surface area contributed by atoms with Gasteiger partial charge in [0.05, 0.1) is 25.9 Å².